The Morgan fingerprint density at radius 1 is 1.43 bits per heavy atom. The lowest BCUT2D eigenvalue weighted by atomic mass is 10.2. The van der Waals surface area contributed by atoms with Gasteiger partial charge >= 0.3 is 0 Å². The first-order chi connectivity index (χ1) is 10.2. The number of hydrogen-bond donors (Lipinski definition) is 2. The lowest BCUT2D eigenvalue weighted by Crippen LogP contribution is -2.18. The van der Waals surface area contributed by atoms with Gasteiger partial charge in [0, 0.05) is 6.20 Å². The first-order valence-corrected chi connectivity index (χ1v) is 6.41. The number of aromatic nitrogens is 1. The van der Waals surface area contributed by atoms with Gasteiger partial charge in [0.2, 0.25) is 0 Å². The average molecular weight is 285 g/mol. The second kappa shape index (κ2) is 7.04. The van der Waals surface area contributed by atoms with Crippen LogP contribution in [0.2, 0.25) is 0 Å². The van der Waals surface area contributed by atoms with Gasteiger partial charge in [-0.2, -0.15) is 5.10 Å². The number of phenolic OH excluding ortho intramolecular Hbond substituents is 1. The third kappa shape index (κ3) is 4.04. The van der Waals surface area contributed by atoms with Gasteiger partial charge in [0.25, 0.3) is 5.91 Å². The van der Waals surface area contributed by atoms with Gasteiger partial charge in [-0.1, -0.05) is 6.07 Å². The molecule has 6 heteroatoms. The van der Waals surface area contributed by atoms with Crippen molar-refractivity contribution in [1.29, 1.82) is 0 Å². The van der Waals surface area contributed by atoms with E-state index in [-0.39, 0.29) is 11.4 Å². The van der Waals surface area contributed by atoms with Crippen molar-refractivity contribution in [2.75, 3.05) is 6.61 Å². The van der Waals surface area contributed by atoms with Crippen molar-refractivity contribution in [1.82, 2.24) is 10.4 Å². The third-order valence-corrected chi connectivity index (χ3v) is 2.56. The standard InChI is InChI=1S/C15H15N3O3/c1-2-21-14-9-11(6-7-13(14)19)10-17-18-15(20)12-5-3-4-8-16-12/h3-10,19H,2H2,1H3,(H,18,20). The molecule has 0 unspecified atom stereocenters. The predicted octanol–water partition coefficient (Wildman–Crippen LogP) is 1.95. The summed E-state index contributed by atoms with van der Waals surface area (Å²) in [7, 11) is 0. The van der Waals surface area contributed by atoms with Gasteiger partial charge in [-0.25, -0.2) is 5.43 Å². The number of benzene rings is 1. The van der Waals surface area contributed by atoms with Crippen molar-refractivity contribution in [2.24, 2.45) is 5.10 Å². The molecule has 0 spiro atoms. The summed E-state index contributed by atoms with van der Waals surface area (Å²) in [6.45, 7) is 2.28. The fraction of sp³-hybridized carbons (Fsp3) is 0.133. The monoisotopic (exact) mass is 285 g/mol. The number of carbonyl (C=O) groups is 1. The molecule has 0 aliphatic rings. The van der Waals surface area contributed by atoms with Gasteiger partial charge in [-0.05, 0) is 42.8 Å². The van der Waals surface area contributed by atoms with E-state index in [0.717, 1.165) is 0 Å². The summed E-state index contributed by atoms with van der Waals surface area (Å²) in [6.07, 6.45) is 3.00. The Morgan fingerprint density at radius 2 is 2.29 bits per heavy atom. The Hall–Kier alpha value is -2.89. The van der Waals surface area contributed by atoms with Crippen LogP contribution in [0.25, 0.3) is 0 Å². The fourth-order valence-electron chi connectivity index (χ4n) is 1.60. The van der Waals surface area contributed by atoms with Crippen molar-refractivity contribution < 1.29 is 14.6 Å². The lowest BCUT2D eigenvalue weighted by molar-refractivity contribution is 0.0950. The number of nitrogens with one attached hydrogen (secondary N) is 1. The number of hydrazone groups is 1. The highest BCUT2D eigenvalue weighted by molar-refractivity contribution is 5.93. The molecule has 0 fully saturated rings. The largest absolute Gasteiger partial charge is 0.504 e. The molecule has 0 radical (unpaired) electrons. The van der Waals surface area contributed by atoms with Crippen LogP contribution < -0.4 is 10.2 Å². The van der Waals surface area contributed by atoms with Crippen molar-refractivity contribution in [2.45, 2.75) is 6.92 Å². The minimum absolute atomic E-state index is 0.0616. The first kappa shape index (κ1) is 14.5. The molecule has 21 heavy (non-hydrogen) atoms. The summed E-state index contributed by atoms with van der Waals surface area (Å²) in [5.74, 6) is 0.0414. The van der Waals surface area contributed by atoms with Crippen LogP contribution in [0.1, 0.15) is 23.0 Å². The van der Waals surface area contributed by atoms with E-state index < -0.39 is 5.91 Å². The minimum atomic E-state index is -0.393. The highest BCUT2D eigenvalue weighted by atomic mass is 16.5. The van der Waals surface area contributed by atoms with Gasteiger partial charge in [0.1, 0.15) is 5.69 Å². The molecule has 0 atom stereocenters. The molecular formula is C15H15N3O3. The Labute approximate surface area is 122 Å². The number of phenols is 1. The zero-order valence-electron chi connectivity index (χ0n) is 11.5. The second-order valence-electron chi connectivity index (χ2n) is 4.07. The smallest absolute Gasteiger partial charge is 0.289 e. The zero-order chi connectivity index (χ0) is 15.1. The highest BCUT2D eigenvalue weighted by Gasteiger charge is 2.04. The maximum absolute atomic E-state index is 11.7. The van der Waals surface area contributed by atoms with Gasteiger partial charge in [-0.15, -0.1) is 0 Å². The summed E-state index contributed by atoms with van der Waals surface area (Å²) in [5.41, 5.74) is 3.36. The number of aromatic hydroxyl groups is 1. The quantitative estimate of drug-likeness (QED) is 0.649. The van der Waals surface area contributed by atoms with E-state index in [4.69, 9.17) is 4.74 Å². The summed E-state index contributed by atoms with van der Waals surface area (Å²) < 4.78 is 5.27. The van der Waals surface area contributed by atoms with Crippen molar-refractivity contribution in [3.05, 3.63) is 53.9 Å². The molecule has 108 valence electrons. The molecule has 6 nitrogen and oxygen atoms in total. The highest BCUT2D eigenvalue weighted by Crippen LogP contribution is 2.26. The molecule has 2 aromatic rings. The molecule has 0 aliphatic heterocycles. The molecule has 0 saturated carbocycles. The number of rotatable bonds is 5. The van der Waals surface area contributed by atoms with Crippen LogP contribution >= 0.6 is 0 Å². The molecule has 2 N–H and O–H groups in total. The number of ether oxygens (including phenoxy) is 1. The van der Waals surface area contributed by atoms with E-state index in [1.165, 1.54) is 18.5 Å². The summed E-state index contributed by atoms with van der Waals surface area (Å²) >= 11 is 0. The molecule has 2 rings (SSSR count). The summed E-state index contributed by atoms with van der Waals surface area (Å²) in [5, 5.41) is 13.4. The van der Waals surface area contributed by atoms with Crippen LogP contribution in [0.4, 0.5) is 0 Å². The number of amides is 1. The normalized spacial score (nSPS) is 10.5. The number of hydrogen-bond acceptors (Lipinski definition) is 5. The van der Waals surface area contributed by atoms with Gasteiger partial charge in [-0.3, -0.25) is 9.78 Å². The average Bonchev–Trinajstić information content (AvgIpc) is 2.51. The second-order valence-corrected chi connectivity index (χ2v) is 4.07. The van der Waals surface area contributed by atoms with Crippen molar-refractivity contribution >= 4 is 12.1 Å². The van der Waals surface area contributed by atoms with Crippen molar-refractivity contribution in [3.8, 4) is 11.5 Å². The number of carbonyl (C=O) groups excluding carboxylic acids is 1. The number of nitrogens with zero attached hydrogens (tertiary/aromatic N) is 2. The van der Waals surface area contributed by atoms with Gasteiger partial charge < -0.3 is 9.84 Å². The van der Waals surface area contributed by atoms with E-state index in [9.17, 15) is 9.90 Å². The van der Waals surface area contributed by atoms with E-state index in [1.807, 2.05) is 6.92 Å². The summed E-state index contributed by atoms with van der Waals surface area (Å²) in [4.78, 5) is 15.6. The Morgan fingerprint density at radius 3 is 3.00 bits per heavy atom. The molecular weight excluding hydrogens is 270 g/mol. The van der Waals surface area contributed by atoms with E-state index in [0.29, 0.717) is 17.9 Å². The molecule has 0 aliphatic carbocycles. The van der Waals surface area contributed by atoms with Gasteiger partial charge in [0.05, 0.1) is 12.8 Å². The first-order valence-electron chi connectivity index (χ1n) is 6.41. The zero-order valence-corrected chi connectivity index (χ0v) is 11.5. The van der Waals surface area contributed by atoms with Crippen LogP contribution in [-0.4, -0.2) is 28.8 Å². The van der Waals surface area contributed by atoms with Crippen LogP contribution in [0.15, 0.2) is 47.7 Å². The maximum atomic E-state index is 11.7. The van der Waals surface area contributed by atoms with Gasteiger partial charge in [0.15, 0.2) is 11.5 Å². The maximum Gasteiger partial charge on any atom is 0.289 e. The van der Waals surface area contributed by atoms with Crippen LogP contribution in [-0.2, 0) is 0 Å². The van der Waals surface area contributed by atoms with Crippen LogP contribution in [0.5, 0.6) is 11.5 Å². The molecule has 0 saturated heterocycles. The topological polar surface area (TPSA) is 83.8 Å². The number of pyridine rings is 1. The fourth-order valence-corrected chi connectivity index (χ4v) is 1.60. The Balaban J connectivity index is 2.01. The molecule has 1 aromatic heterocycles. The van der Waals surface area contributed by atoms with E-state index >= 15 is 0 Å². The van der Waals surface area contributed by atoms with E-state index in [2.05, 4.69) is 15.5 Å². The Bertz CT molecular complexity index is 642. The minimum Gasteiger partial charge on any atom is -0.504 e. The lowest BCUT2D eigenvalue weighted by Gasteiger charge is -2.05. The molecule has 1 amide bonds. The third-order valence-electron chi connectivity index (χ3n) is 2.56. The predicted molar refractivity (Wildman–Crippen MR) is 78.6 cm³/mol. The molecule has 1 heterocycles. The SMILES string of the molecule is CCOc1cc(C=NNC(=O)c2ccccn2)ccc1O. The molecule has 1 aromatic carbocycles. The molecule has 0 bridgehead atoms. The Kier molecular flexibility index (Phi) is 4.87. The van der Waals surface area contributed by atoms with Crippen LogP contribution in [0.3, 0.4) is 0 Å². The van der Waals surface area contributed by atoms with Crippen molar-refractivity contribution in [3.63, 3.8) is 0 Å². The van der Waals surface area contributed by atoms with Crippen LogP contribution in [0, 0.1) is 0 Å². The summed E-state index contributed by atoms with van der Waals surface area (Å²) in [6, 6.07) is 9.85. The van der Waals surface area contributed by atoms with E-state index in [1.54, 1.807) is 30.3 Å².